The third-order valence-electron chi connectivity index (χ3n) is 5.64. The van der Waals surface area contributed by atoms with Crippen molar-refractivity contribution in [2.24, 2.45) is 0 Å². The van der Waals surface area contributed by atoms with E-state index in [-0.39, 0.29) is 10.7 Å². The van der Waals surface area contributed by atoms with Gasteiger partial charge in [-0.3, -0.25) is 20.4 Å². The monoisotopic (exact) mass is 457 g/mol. The molecular formula is C23H27N3O5S. The Kier molecular flexibility index (Phi) is 6.43. The van der Waals surface area contributed by atoms with Gasteiger partial charge in [-0.15, -0.1) is 0 Å². The Morgan fingerprint density at radius 2 is 1.50 bits per heavy atom. The predicted octanol–water partition coefficient (Wildman–Crippen LogP) is 3.10. The number of rotatable bonds is 5. The molecule has 170 valence electrons. The standard InChI is InChI=1S/C23H27N3O5S/c1-12-11-13(2)15(4)21(14(12)3)32(29,30)26-17(6)22(27)24-25-23(28)20-16(5)18-9-7-8-10-19(18)31-20/h7-11,17,26H,1-6H3,(H,24,27)(H,25,28)/t17-/m0/s1. The van der Waals surface area contributed by atoms with E-state index in [1.807, 2.05) is 32.0 Å². The summed E-state index contributed by atoms with van der Waals surface area (Å²) in [5, 5.41) is 0.796. The summed E-state index contributed by atoms with van der Waals surface area (Å²) >= 11 is 0. The van der Waals surface area contributed by atoms with Gasteiger partial charge in [-0.25, -0.2) is 8.42 Å². The fourth-order valence-electron chi connectivity index (χ4n) is 3.60. The highest BCUT2D eigenvalue weighted by Gasteiger charge is 2.27. The Morgan fingerprint density at radius 3 is 2.09 bits per heavy atom. The normalized spacial score (nSPS) is 12.6. The number of para-hydroxylation sites is 1. The molecule has 0 unspecified atom stereocenters. The van der Waals surface area contributed by atoms with E-state index in [0.29, 0.717) is 22.3 Å². The number of fused-ring (bicyclic) bond motifs is 1. The molecule has 3 N–H and O–H groups in total. The van der Waals surface area contributed by atoms with Gasteiger partial charge in [0.05, 0.1) is 10.9 Å². The van der Waals surface area contributed by atoms with E-state index in [2.05, 4.69) is 15.6 Å². The minimum atomic E-state index is -3.97. The zero-order valence-corrected chi connectivity index (χ0v) is 19.7. The smallest absolute Gasteiger partial charge is 0.305 e. The molecule has 1 heterocycles. The summed E-state index contributed by atoms with van der Waals surface area (Å²) in [5.74, 6) is -1.28. The van der Waals surface area contributed by atoms with Crippen molar-refractivity contribution in [2.45, 2.75) is 52.5 Å². The van der Waals surface area contributed by atoms with Gasteiger partial charge in [0.15, 0.2) is 5.76 Å². The lowest BCUT2D eigenvalue weighted by atomic mass is 10.0. The van der Waals surface area contributed by atoms with Crippen LogP contribution in [0.25, 0.3) is 11.0 Å². The summed E-state index contributed by atoms with van der Waals surface area (Å²) in [6.07, 6.45) is 0. The van der Waals surface area contributed by atoms with E-state index in [4.69, 9.17) is 4.42 Å². The molecule has 1 aromatic heterocycles. The van der Waals surface area contributed by atoms with E-state index in [9.17, 15) is 18.0 Å². The van der Waals surface area contributed by atoms with Crippen molar-refractivity contribution >= 4 is 32.8 Å². The second kappa shape index (κ2) is 8.76. The summed E-state index contributed by atoms with van der Waals surface area (Å²) < 4.78 is 34.0. The topological polar surface area (TPSA) is 118 Å². The fraction of sp³-hybridized carbons (Fsp3) is 0.304. The number of sulfonamides is 1. The zero-order valence-electron chi connectivity index (χ0n) is 18.9. The van der Waals surface area contributed by atoms with Crippen LogP contribution in [0.4, 0.5) is 0 Å². The highest BCUT2D eigenvalue weighted by Crippen LogP contribution is 2.26. The van der Waals surface area contributed by atoms with Crippen LogP contribution < -0.4 is 15.6 Å². The van der Waals surface area contributed by atoms with Crippen molar-refractivity contribution in [3.63, 3.8) is 0 Å². The van der Waals surface area contributed by atoms with Crippen LogP contribution in [0.3, 0.4) is 0 Å². The third kappa shape index (κ3) is 4.39. The molecule has 32 heavy (non-hydrogen) atoms. The van der Waals surface area contributed by atoms with Crippen molar-refractivity contribution < 1.29 is 22.4 Å². The maximum absolute atomic E-state index is 13.0. The first-order chi connectivity index (χ1) is 14.9. The van der Waals surface area contributed by atoms with Crippen molar-refractivity contribution in [1.82, 2.24) is 15.6 Å². The first-order valence-electron chi connectivity index (χ1n) is 10.1. The minimum Gasteiger partial charge on any atom is -0.451 e. The lowest BCUT2D eigenvalue weighted by Crippen LogP contribution is -2.51. The highest BCUT2D eigenvalue weighted by molar-refractivity contribution is 7.89. The third-order valence-corrected chi connectivity index (χ3v) is 7.45. The zero-order chi connectivity index (χ0) is 23.8. The van der Waals surface area contributed by atoms with Gasteiger partial charge < -0.3 is 4.42 Å². The molecule has 8 nitrogen and oxygen atoms in total. The number of furan rings is 1. The largest absolute Gasteiger partial charge is 0.451 e. The minimum absolute atomic E-state index is 0.0706. The number of carbonyl (C=O) groups is 2. The van der Waals surface area contributed by atoms with Crippen LogP contribution in [-0.4, -0.2) is 26.3 Å². The quantitative estimate of drug-likeness (QED) is 0.509. The van der Waals surface area contributed by atoms with Gasteiger partial charge in [0, 0.05) is 10.9 Å². The summed E-state index contributed by atoms with van der Waals surface area (Å²) in [5.41, 5.74) is 8.68. The summed E-state index contributed by atoms with van der Waals surface area (Å²) in [4.78, 5) is 25.1. The molecule has 0 fully saturated rings. The van der Waals surface area contributed by atoms with Crippen molar-refractivity contribution in [2.75, 3.05) is 0 Å². The molecular weight excluding hydrogens is 430 g/mol. The van der Waals surface area contributed by atoms with Gasteiger partial charge in [0.25, 0.3) is 5.91 Å². The van der Waals surface area contributed by atoms with Crippen molar-refractivity contribution in [1.29, 1.82) is 0 Å². The summed E-state index contributed by atoms with van der Waals surface area (Å²) in [6.45, 7) is 10.3. The number of aryl methyl sites for hydroxylation is 3. The predicted molar refractivity (Wildman–Crippen MR) is 122 cm³/mol. The molecule has 0 radical (unpaired) electrons. The van der Waals surface area contributed by atoms with Gasteiger partial charge in [-0.05, 0) is 69.9 Å². The van der Waals surface area contributed by atoms with Gasteiger partial charge in [0.2, 0.25) is 10.0 Å². The van der Waals surface area contributed by atoms with Crippen molar-refractivity contribution in [3.8, 4) is 0 Å². The number of carbonyl (C=O) groups excluding carboxylic acids is 2. The Bertz CT molecular complexity index is 1300. The molecule has 2 aromatic carbocycles. The molecule has 3 aromatic rings. The molecule has 0 aliphatic rings. The molecule has 0 aliphatic heterocycles. The Morgan fingerprint density at radius 1 is 0.906 bits per heavy atom. The number of benzene rings is 2. The van der Waals surface area contributed by atoms with Crippen molar-refractivity contribution in [3.05, 3.63) is 63.9 Å². The molecule has 2 amide bonds. The van der Waals surface area contributed by atoms with Crippen LogP contribution >= 0.6 is 0 Å². The lowest BCUT2D eigenvalue weighted by molar-refractivity contribution is -0.123. The van der Waals surface area contributed by atoms with Gasteiger partial charge in [0.1, 0.15) is 5.58 Å². The number of nitrogens with one attached hydrogen (secondary N) is 3. The lowest BCUT2D eigenvalue weighted by Gasteiger charge is -2.19. The van der Waals surface area contributed by atoms with E-state index in [0.717, 1.165) is 16.5 Å². The second-order valence-electron chi connectivity index (χ2n) is 7.93. The molecule has 0 bridgehead atoms. The van der Waals surface area contributed by atoms with Gasteiger partial charge >= 0.3 is 5.91 Å². The highest BCUT2D eigenvalue weighted by atomic mass is 32.2. The Hall–Kier alpha value is -3.17. The van der Waals surface area contributed by atoms with E-state index >= 15 is 0 Å². The first-order valence-corrected chi connectivity index (χ1v) is 11.6. The number of amides is 2. The fourth-order valence-corrected chi connectivity index (χ4v) is 5.42. The molecule has 9 heteroatoms. The van der Waals surface area contributed by atoms with Gasteiger partial charge in [-0.1, -0.05) is 24.3 Å². The van der Waals surface area contributed by atoms with E-state index in [1.165, 1.54) is 6.92 Å². The number of hydrazine groups is 1. The maximum atomic E-state index is 13.0. The van der Waals surface area contributed by atoms with E-state index < -0.39 is 27.9 Å². The second-order valence-corrected chi connectivity index (χ2v) is 9.58. The summed E-state index contributed by atoms with van der Waals surface area (Å²) in [6, 6.07) is 8.00. The Balaban J connectivity index is 1.71. The first kappa shape index (κ1) is 23.5. The average Bonchev–Trinajstić information content (AvgIpc) is 3.06. The molecule has 3 rings (SSSR count). The Labute approximate surface area is 187 Å². The molecule has 0 saturated heterocycles. The molecule has 0 aliphatic carbocycles. The van der Waals surface area contributed by atoms with Gasteiger partial charge in [-0.2, -0.15) is 4.72 Å². The van der Waals surface area contributed by atoms with Crippen LogP contribution in [0.5, 0.6) is 0 Å². The van der Waals surface area contributed by atoms with Crippen LogP contribution in [0.1, 0.15) is 45.3 Å². The summed E-state index contributed by atoms with van der Waals surface area (Å²) in [7, 11) is -3.97. The maximum Gasteiger partial charge on any atom is 0.305 e. The van der Waals surface area contributed by atoms with Crippen LogP contribution in [0.2, 0.25) is 0 Å². The average molecular weight is 458 g/mol. The van der Waals surface area contributed by atoms with Crippen LogP contribution in [-0.2, 0) is 14.8 Å². The van der Waals surface area contributed by atoms with Crippen LogP contribution in [0, 0.1) is 34.6 Å². The van der Waals surface area contributed by atoms with Crippen LogP contribution in [0.15, 0.2) is 39.6 Å². The molecule has 1 atom stereocenters. The number of hydrogen-bond acceptors (Lipinski definition) is 5. The number of hydrogen-bond donors (Lipinski definition) is 3. The molecule has 0 saturated carbocycles. The SMILES string of the molecule is Cc1cc(C)c(C)c(S(=O)(=O)N[C@@H](C)C(=O)NNC(=O)c2oc3ccccc3c2C)c1C. The molecule has 0 spiro atoms. The van der Waals surface area contributed by atoms with E-state index in [1.54, 1.807) is 32.9 Å².